The molecular weight excluding hydrogens is 412 g/mol. The average Bonchev–Trinajstić information content (AvgIpc) is 2.47. The minimum atomic E-state index is -2.67. The molecule has 29 heavy (non-hydrogen) atoms. The van der Waals surface area contributed by atoms with Crippen molar-refractivity contribution in [2.45, 2.75) is 108 Å². The molecule has 0 amide bonds. The van der Waals surface area contributed by atoms with Gasteiger partial charge in [-0.1, -0.05) is 41.5 Å². The summed E-state index contributed by atoms with van der Waals surface area (Å²) in [7, 11) is -5.30. The van der Waals surface area contributed by atoms with Crippen molar-refractivity contribution in [1.29, 1.82) is 0 Å². The molecule has 0 unspecified atom stereocenters. The van der Waals surface area contributed by atoms with Crippen LogP contribution in [0.25, 0.3) is 0 Å². The van der Waals surface area contributed by atoms with Gasteiger partial charge in [0.1, 0.15) is 12.2 Å². The molecule has 1 aliphatic heterocycles. The van der Waals surface area contributed by atoms with Crippen molar-refractivity contribution in [2.75, 3.05) is 6.61 Å². The van der Waals surface area contributed by atoms with Crippen LogP contribution < -0.4 is 0 Å². The molecule has 1 aliphatic rings. The number of carboxylic acids is 1. The topological polar surface area (TPSA) is 126 Å². The first-order chi connectivity index (χ1) is 12.6. The Morgan fingerprint density at radius 2 is 1.45 bits per heavy atom. The zero-order chi connectivity index (χ0) is 23.3. The summed E-state index contributed by atoms with van der Waals surface area (Å²) in [4.78, 5) is 12.4. The number of aliphatic carboxylic acids is 1. The van der Waals surface area contributed by atoms with Gasteiger partial charge in [0.25, 0.3) is 5.79 Å². The number of hydrogen-bond donors (Lipinski definition) is 4. The van der Waals surface area contributed by atoms with Crippen molar-refractivity contribution in [3.63, 3.8) is 0 Å². The number of aliphatic hydroxyl groups excluding tert-OH is 2. The lowest BCUT2D eigenvalue weighted by atomic mass is 9.92. The summed E-state index contributed by atoms with van der Waals surface area (Å²) in [6, 6.07) is 0. The van der Waals surface area contributed by atoms with Crippen LogP contribution in [0, 0.1) is 0 Å². The van der Waals surface area contributed by atoms with Crippen molar-refractivity contribution in [3.8, 4) is 0 Å². The monoisotopic (exact) mass is 452 g/mol. The third kappa shape index (κ3) is 5.29. The molecule has 0 saturated carbocycles. The lowest BCUT2D eigenvalue weighted by molar-refractivity contribution is -0.357. The maximum Gasteiger partial charge on any atom is 0.363 e. The third-order valence-corrected chi connectivity index (χ3v) is 15.5. The fourth-order valence-electron chi connectivity index (χ4n) is 2.70. The minimum Gasteiger partial charge on any atom is -0.477 e. The van der Waals surface area contributed by atoms with Crippen LogP contribution in [0.4, 0.5) is 0 Å². The first-order valence-corrected chi connectivity index (χ1v) is 15.8. The highest BCUT2D eigenvalue weighted by Crippen LogP contribution is 2.48. The largest absolute Gasteiger partial charge is 0.477 e. The molecule has 1 heterocycles. The van der Waals surface area contributed by atoms with E-state index in [1.165, 1.54) is 0 Å². The van der Waals surface area contributed by atoms with E-state index in [9.17, 15) is 25.2 Å². The van der Waals surface area contributed by atoms with E-state index in [2.05, 4.69) is 0 Å². The number of rotatable bonds is 6. The lowest BCUT2D eigenvalue weighted by Gasteiger charge is -2.54. The zero-order valence-corrected chi connectivity index (χ0v) is 21.5. The van der Waals surface area contributed by atoms with Gasteiger partial charge in [0.15, 0.2) is 22.4 Å². The van der Waals surface area contributed by atoms with E-state index in [0.29, 0.717) is 0 Å². The summed E-state index contributed by atoms with van der Waals surface area (Å²) in [5.74, 6) is -5.91. The highest BCUT2D eigenvalue weighted by Gasteiger charge is 2.64. The van der Waals surface area contributed by atoms with Crippen LogP contribution in [0.5, 0.6) is 0 Å². The summed E-state index contributed by atoms with van der Waals surface area (Å²) in [6.07, 6.45) is -3.61. The van der Waals surface area contributed by atoms with Gasteiger partial charge in [-0.25, -0.2) is 4.79 Å². The second-order valence-electron chi connectivity index (χ2n) is 11.1. The molecule has 0 bridgehead atoms. The maximum atomic E-state index is 12.4. The molecule has 4 atom stereocenters. The molecule has 0 aromatic heterocycles. The van der Waals surface area contributed by atoms with Crippen LogP contribution in [0.2, 0.25) is 36.3 Å². The Bertz CT molecular complexity index is 610. The molecule has 8 nitrogen and oxygen atoms in total. The molecule has 1 fully saturated rings. The Balaban J connectivity index is 3.49. The molecule has 0 spiro atoms. The van der Waals surface area contributed by atoms with Crippen LogP contribution in [-0.2, 0) is 18.4 Å². The smallest absolute Gasteiger partial charge is 0.363 e. The van der Waals surface area contributed by atoms with E-state index < -0.39 is 59.4 Å². The van der Waals surface area contributed by atoms with Gasteiger partial charge in [0.05, 0.1) is 13.0 Å². The van der Waals surface area contributed by atoms with Gasteiger partial charge < -0.3 is 34.0 Å². The number of ether oxygens (including phenoxy) is 1. The van der Waals surface area contributed by atoms with Gasteiger partial charge in [-0.15, -0.1) is 0 Å². The Hall–Kier alpha value is -0.336. The van der Waals surface area contributed by atoms with E-state index in [0.717, 1.165) is 0 Å². The van der Waals surface area contributed by atoms with Crippen LogP contribution >= 0.6 is 0 Å². The van der Waals surface area contributed by atoms with Crippen molar-refractivity contribution in [2.24, 2.45) is 0 Å². The molecule has 10 heteroatoms. The quantitative estimate of drug-likeness (QED) is 0.358. The maximum absolute atomic E-state index is 12.4. The first kappa shape index (κ1) is 26.7. The van der Waals surface area contributed by atoms with Gasteiger partial charge in [0.2, 0.25) is 0 Å². The van der Waals surface area contributed by atoms with Crippen LogP contribution in [-0.4, -0.2) is 73.4 Å². The predicted molar refractivity (Wildman–Crippen MR) is 114 cm³/mol. The Morgan fingerprint density at radius 3 is 1.79 bits per heavy atom. The Kier molecular flexibility index (Phi) is 7.34. The van der Waals surface area contributed by atoms with Crippen molar-refractivity contribution >= 4 is 22.6 Å². The van der Waals surface area contributed by atoms with Gasteiger partial charge in [-0.2, -0.15) is 0 Å². The van der Waals surface area contributed by atoms with E-state index >= 15 is 0 Å². The standard InChI is InChI=1S/C19H40O8Si2/c1-16(2,3)28(7,8)26-18(24)12-19(15(22)23,25-13(11-20)14(18)21)27-29(9,10)17(4,5)6/h13-14,20-21,24H,11-12H2,1-10H3,(H,22,23)/t13-,14-,18+,19-/m0/s1. The second-order valence-corrected chi connectivity index (χ2v) is 20.5. The SMILES string of the molecule is CC(C)(C)[Si](C)(C)O[C@]1(C(=O)O)C[C@@](O)(O[Si](C)(C)C(C)(C)C)[C@@H](O)[C@H](CO)O1. The molecule has 172 valence electrons. The second kappa shape index (κ2) is 7.97. The molecule has 0 aliphatic carbocycles. The van der Waals surface area contributed by atoms with Crippen molar-refractivity contribution < 1.29 is 38.8 Å². The first-order valence-electron chi connectivity index (χ1n) is 9.97. The average molecular weight is 453 g/mol. The summed E-state index contributed by atoms with van der Waals surface area (Å²) >= 11 is 0. The highest BCUT2D eigenvalue weighted by molar-refractivity contribution is 6.74. The van der Waals surface area contributed by atoms with Gasteiger partial charge >= 0.3 is 5.97 Å². The third-order valence-electron chi connectivity index (χ3n) is 6.61. The molecule has 0 aromatic carbocycles. The highest BCUT2D eigenvalue weighted by atomic mass is 28.4. The van der Waals surface area contributed by atoms with Crippen molar-refractivity contribution in [1.82, 2.24) is 0 Å². The van der Waals surface area contributed by atoms with E-state index in [-0.39, 0.29) is 10.1 Å². The van der Waals surface area contributed by atoms with Gasteiger partial charge in [-0.05, 0) is 36.3 Å². The van der Waals surface area contributed by atoms with Crippen LogP contribution in [0.1, 0.15) is 48.0 Å². The zero-order valence-electron chi connectivity index (χ0n) is 19.5. The summed E-state index contributed by atoms with van der Waals surface area (Å²) in [6.45, 7) is 18.6. The molecule has 0 radical (unpaired) electrons. The fourth-order valence-corrected chi connectivity index (χ4v) is 5.42. The lowest BCUT2D eigenvalue weighted by Crippen LogP contribution is -2.71. The Labute approximate surface area is 176 Å². The molecule has 1 saturated heterocycles. The molecule has 4 N–H and O–H groups in total. The van der Waals surface area contributed by atoms with Gasteiger partial charge in [0, 0.05) is 0 Å². The van der Waals surface area contributed by atoms with Crippen LogP contribution in [0.15, 0.2) is 0 Å². The summed E-state index contributed by atoms with van der Waals surface area (Å²) in [5.41, 5.74) is 0. The van der Waals surface area contributed by atoms with Crippen molar-refractivity contribution in [3.05, 3.63) is 0 Å². The molecular formula is C19H40O8Si2. The fraction of sp³-hybridized carbons (Fsp3) is 0.947. The number of aliphatic hydroxyl groups is 3. The number of carbonyl (C=O) groups is 1. The summed E-state index contributed by atoms with van der Waals surface area (Å²) in [5, 5.41) is 41.3. The number of hydrogen-bond acceptors (Lipinski definition) is 7. The predicted octanol–water partition coefficient (Wildman–Crippen LogP) is 2.64. The Morgan fingerprint density at radius 1 is 1.03 bits per heavy atom. The van der Waals surface area contributed by atoms with E-state index in [1.54, 1.807) is 0 Å². The molecule has 0 aromatic rings. The van der Waals surface area contributed by atoms with E-state index in [1.807, 2.05) is 67.7 Å². The van der Waals surface area contributed by atoms with E-state index in [4.69, 9.17) is 13.6 Å². The summed E-state index contributed by atoms with van der Waals surface area (Å²) < 4.78 is 17.9. The molecule has 1 rings (SSSR count). The number of carboxylic acid groups (broad SMARTS) is 1. The normalized spacial score (nSPS) is 32.3. The minimum absolute atomic E-state index is 0.304. The van der Waals surface area contributed by atoms with Crippen LogP contribution in [0.3, 0.4) is 0 Å². The van der Waals surface area contributed by atoms with Gasteiger partial charge in [-0.3, -0.25) is 0 Å².